The Morgan fingerprint density at radius 2 is 0.861 bits per heavy atom. The summed E-state index contributed by atoms with van der Waals surface area (Å²) in [5.74, 6) is -0.761. The molecule has 0 saturated heterocycles. The highest BCUT2D eigenvalue weighted by Gasteiger charge is 2.11. The van der Waals surface area contributed by atoms with Crippen molar-refractivity contribution in [2.45, 2.75) is 12.8 Å². The molecule has 0 aliphatic heterocycles. The molecular formula is C28H24N6O2. The van der Waals surface area contributed by atoms with Crippen LogP contribution in [0.15, 0.2) is 120 Å². The van der Waals surface area contributed by atoms with E-state index in [0.717, 1.165) is 22.3 Å². The van der Waals surface area contributed by atoms with Crippen molar-refractivity contribution in [3.8, 4) is 0 Å². The molecule has 8 heteroatoms. The Labute approximate surface area is 208 Å². The molecule has 4 aromatic rings. The highest BCUT2D eigenvalue weighted by atomic mass is 16.2. The summed E-state index contributed by atoms with van der Waals surface area (Å²) in [6, 6.07) is 26.3. The Balaban J connectivity index is 1.39. The molecule has 8 nitrogen and oxygen atoms in total. The lowest BCUT2D eigenvalue weighted by Gasteiger charge is -2.08. The minimum atomic E-state index is -0.381. The van der Waals surface area contributed by atoms with Crippen molar-refractivity contribution < 1.29 is 9.59 Å². The smallest absolute Gasteiger partial charge is 0.240 e. The maximum Gasteiger partial charge on any atom is 0.240 e. The van der Waals surface area contributed by atoms with Crippen molar-refractivity contribution in [3.63, 3.8) is 0 Å². The molecule has 36 heavy (non-hydrogen) atoms. The van der Waals surface area contributed by atoms with Gasteiger partial charge in [-0.2, -0.15) is 10.2 Å². The zero-order valence-corrected chi connectivity index (χ0v) is 19.4. The summed E-state index contributed by atoms with van der Waals surface area (Å²) in [4.78, 5) is 33.0. The number of benzene rings is 2. The average molecular weight is 477 g/mol. The highest BCUT2D eigenvalue weighted by molar-refractivity contribution is 6.13. The molecule has 2 aromatic carbocycles. The summed E-state index contributed by atoms with van der Waals surface area (Å²) in [6.45, 7) is 0. The molecule has 0 atom stereocenters. The van der Waals surface area contributed by atoms with Crippen molar-refractivity contribution in [2.24, 2.45) is 10.2 Å². The standard InChI is InChI=1S/C28H24N6O2/c35-25(31-33-27(21-7-3-1-4-8-21)23-13-17-29-18-14-23)11-12-26(36)32-34-28(22-9-5-2-6-10-22)24-15-19-30-20-16-24/h1-10,13-20H,11-12H2,(H,31,35)(H,32,36)/b33-27+,34-28+. The number of hydrogen-bond acceptors (Lipinski definition) is 6. The summed E-state index contributed by atoms with van der Waals surface area (Å²) in [6.07, 6.45) is 6.57. The molecule has 178 valence electrons. The molecule has 0 aliphatic carbocycles. The molecule has 0 fully saturated rings. The Hall–Kier alpha value is -4.98. The molecule has 0 aliphatic rings. The number of pyridine rings is 2. The molecule has 2 heterocycles. The van der Waals surface area contributed by atoms with Crippen LogP contribution in [0, 0.1) is 0 Å². The van der Waals surface area contributed by atoms with Crippen LogP contribution in [-0.4, -0.2) is 33.2 Å². The van der Waals surface area contributed by atoms with Gasteiger partial charge in [-0.1, -0.05) is 60.7 Å². The van der Waals surface area contributed by atoms with Gasteiger partial charge >= 0.3 is 0 Å². The van der Waals surface area contributed by atoms with E-state index in [1.54, 1.807) is 24.8 Å². The SMILES string of the molecule is O=C(CCC(=O)N/N=C(\c1ccccc1)c1ccncc1)N/N=C(\c1ccccc1)c1ccncc1. The topological polar surface area (TPSA) is 109 Å². The van der Waals surface area contributed by atoms with Gasteiger partial charge in [0.1, 0.15) is 0 Å². The van der Waals surface area contributed by atoms with Crippen LogP contribution in [0.2, 0.25) is 0 Å². The summed E-state index contributed by atoms with van der Waals surface area (Å²) < 4.78 is 0. The Kier molecular flexibility index (Phi) is 8.37. The van der Waals surface area contributed by atoms with E-state index >= 15 is 0 Å². The summed E-state index contributed by atoms with van der Waals surface area (Å²) in [5.41, 5.74) is 9.64. The van der Waals surface area contributed by atoms with Gasteiger partial charge < -0.3 is 0 Å². The maximum absolute atomic E-state index is 12.4. The molecule has 2 amide bonds. The average Bonchev–Trinajstić information content (AvgIpc) is 2.94. The van der Waals surface area contributed by atoms with Crippen LogP contribution in [-0.2, 0) is 9.59 Å². The second kappa shape index (κ2) is 12.5. The van der Waals surface area contributed by atoms with Crippen LogP contribution in [0.3, 0.4) is 0 Å². The van der Waals surface area contributed by atoms with Gasteiger partial charge in [0.05, 0.1) is 11.4 Å². The predicted octanol–water partition coefficient (Wildman–Crippen LogP) is 3.69. The first-order valence-electron chi connectivity index (χ1n) is 11.4. The molecule has 2 N–H and O–H groups in total. The van der Waals surface area contributed by atoms with E-state index in [0.29, 0.717) is 11.4 Å². The van der Waals surface area contributed by atoms with Gasteiger partial charge in [-0.25, -0.2) is 10.9 Å². The molecule has 0 saturated carbocycles. The number of rotatable bonds is 9. The molecule has 0 bridgehead atoms. The summed E-state index contributed by atoms with van der Waals surface area (Å²) in [7, 11) is 0. The first-order valence-corrected chi connectivity index (χ1v) is 11.4. The van der Waals surface area contributed by atoms with Gasteiger partial charge in [0, 0.05) is 59.9 Å². The summed E-state index contributed by atoms with van der Waals surface area (Å²) >= 11 is 0. The van der Waals surface area contributed by atoms with Gasteiger partial charge in [0.25, 0.3) is 0 Å². The largest absolute Gasteiger partial charge is 0.273 e. The predicted molar refractivity (Wildman–Crippen MR) is 138 cm³/mol. The van der Waals surface area contributed by atoms with Crippen molar-refractivity contribution in [1.29, 1.82) is 0 Å². The quantitative estimate of drug-likeness (QED) is 0.284. The molecule has 0 radical (unpaired) electrons. The lowest BCUT2D eigenvalue weighted by atomic mass is 10.0. The molecule has 0 spiro atoms. The van der Waals surface area contributed by atoms with Gasteiger partial charge in [-0.3, -0.25) is 19.6 Å². The van der Waals surface area contributed by atoms with E-state index in [2.05, 4.69) is 31.0 Å². The zero-order chi connectivity index (χ0) is 25.0. The highest BCUT2D eigenvalue weighted by Crippen LogP contribution is 2.11. The minimum Gasteiger partial charge on any atom is -0.273 e. The summed E-state index contributed by atoms with van der Waals surface area (Å²) in [5, 5.41) is 8.64. The normalized spacial score (nSPS) is 11.6. The van der Waals surface area contributed by atoms with Crippen LogP contribution in [0.4, 0.5) is 0 Å². The molecule has 0 unspecified atom stereocenters. The zero-order valence-electron chi connectivity index (χ0n) is 19.4. The third-order valence-electron chi connectivity index (χ3n) is 5.17. The van der Waals surface area contributed by atoms with Gasteiger partial charge in [0.15, 0.2) is 0 Å². The second-order valence-corrected chi connectivity index (χ2v) is 7.69. The number of hydrogen-bond donors (Lipinski definition) is 2. The maximum atomic E-state index is 12.4. The monoisotopic (exact) mass is 476 g/mol. The Morgan fingerprint density at radius 3 is 1.22 bits per heavy atom. The Bertz CT molecular complexity index is 1150. The molecule has 2 aromatic heterocycles. The number of nitrogens with zero attached hydrogens (tertiary/aromatic N) is 4. The van der Waals surface area contributed by atoms with E-state index in [-0.39, 0.29) is 24.7 Å². The van der Waals surface area contributed by atoms with E-state index in [1.807, 2.05) is 84.9 Å². The fourth-order valence-electron chi connectivity index (χ4n) is 3.38. The van der Waals surface area contributed by atoms with E-state index < -0.39 is 0 Å². The number of carbonyl (C=O) groups excluding carboxylic acids is 2. The van der Waals surface area contributed by atoms with Gasteiger partial charge in [-0.15, -0.1) is 0 Å². The minimum absolute atomic E-state index is 0.0425. The lowest BCUT2D eigenvalue weighted by molar-refractivity contribution is -0.126. The van der Waals surface area contributed by atoms with Crippen molar-refractivity contribution in [2.75, 3.05) is 0 Å². The lowest BCUT2D eigenvalue weighted by Crippen LogP contribution is -2.25. The van der Waals surface area contributed by atoms with E-state index in [1.165, 1.54) is 0 Å². The number of carbonyl (C=O) groups is 2. The third-order valence-corrected chi connectivity index (χ3v) is 5.17. The van der Waals surface area contributed by atoms with Crippen LogP contribution < -0.4 is 10.9 Å². The number of aromatic nitrogens is 2. The van der Waals surface area contributed by atoms with Crippen molar-refractivity contribution in [1.82, 2.24) is 20.8 Å². The molecule has 4 rings (SSSR count). The number of hydrazone groups is 2. The fourth-order valence-corrected chi connectivity index (χ4v) is 3.38. The first-order chi connectivity index (χ1) is 17.7. The van der Waals surface area contributed by atoms with Crippen molar-refractivity contribution in [3.05, 3.63) is 132 Å². The van der Waals surface area contributed by atoms with Crippen molar-refractivity contribution >= 4 is 23.2 Å². The first kappa shape index (κ1) is 24.2. The van der Waals surface area contributed by atoms with E-state index in [4.69, 9.17) is 0 Å². The van der Waals surface area contributed by atoms with Crippen LogP contribution in [0.25, 0.3) is 0 Å². The second-order valence-electron chi connectivity index (χ2n) is 7.69. The van der Waals surface area contributed by atoms with Crippen LogP contribution in [0.1, 0.15) is 35.1 Å². The van der Waals surface area contributed by atoms with Gasteiger partial charge in [-0.05, 0) is 24.3 Å². The number of nitrogens with one attached hydrogen (secondary N) is 2. The molecular weight excluding hydrogens is 452 g/mol. The van der Waals surface area contributed by atoms with Gasteiger partial charge in [0.2, 0.25) is 11.8 Å². The van der Waals surface area contributed by atoms with E-state index in [9.17, 15) is 9.59 Å². The van der Waals surface area contributed by atoms with Crippen LogP contribution >= 0.6 is 0 Å². The van der Waals surface area contributed by atoms with Crippen LogP contribution in [0.5, 0.6) is 0 Å². The Morgan fingerprint density at radius 1 is 0.528 bits per heavy atom. The fraction of sp³-hybridized carbons (Fsp3) is 0.0714. The number of amides is 2. The third kappa shape index (κ3) is 6.77.